The molecule has 2 atom stereocenters. The zero-order chi connectivity index (χ0) is 15.3. The largest absolute Gasteiger partial charge is 0.376 e. The molecule has 1 aromatic carbocycles. The topological polar surface area (TPSA) is 32.3 Å². The molecule has 0 unspecified atom stereocenters. The lowest BCUT2D eigenvalue weighted by atomic mass is 9.81. The van der Waals surface area contributed by atoms with Gasteiger partial charge in [-0.15, -0.1) is 5.54 Å². The molecule has 0 radical (unpaired) electrons. The second-order valence-electron chi connectivity index (χ2n) is 7.09. The van der Waals surface area contributed by atoms with Crippen LogP contribution in [0.5, 0.6) is 0 Å². The maximum absolute atomic E-state index is 11.0. The van der Waals surface area contributed by atoms with Crippen LogP contribution in [0.3, 0.4) is 0 Å². The van der Waals surface area contributed by atoms with Crippen molar-refractivity contribution in [2.24, 2.45) is 0 Å². The fourth-order valence-corrected chi connectivity index (χ4v) is 3.30. The monoisotopic (exact) mass is 301 g/mol. The average molecular weight is 302 g/mol. The molecule has 114 valence electrons. The van der Waals surface area contributed by atoms with E-state index in [4.69, 9.17) is 0 Å². The predicted molar refractivity (Wildman–Crippen MR) is 91.6 cm³/mol. The van der Waals surface area contributed by atoms with Gasteiger partial charge in [-0.25, -0.2) is 0 Å². The van der Waals surface area contributed by atoms with E-state index in [1.807, 2.05) is 6.07 Å². The number of aliphatic hydroxyl groups is 1. The molecule has 21 heavy (non-hydrogen) atoms. The van der Waals surface area contributed by atoms with Crippen LogP contribution in [0.25, 0.3) is 0 Å². The van der Waals surface area contributed by atoms with E-state index in [2.05, 4.69) is 60.7 Å². The first-order chi connectivity index (χ1) is 9.89. The Morgan fingerprint density at radius 2 is 1.95 bits per heavy atom. The molecule has 0 amide bonds. The maximum atomic E-state index is 11.0. The predicted octanol–water partition coefficient (Wildman–Crippen LogP) is 3.33. The highest BCUT2D eigenvalue weighted by atomic mass is 28.3. The van der Waals surface area contributed by atoms with Crippen molar-refractivity contribution in [2.45, 2.75) is 63.5 Å². The normalized spacial score (nSPS) is 26.0. The van der Waals surface area contributed by atoms with Crippen LogP contribution in [0.2, 0.25) is 19.6 Å². The van der Waals surface area contributed by atoms with Crippen LogP contribution in [0.15, 0.2) is 30.3 Å². The quantitative estimate of drug-likeness (QED) is 0.663. The van der Waals surface area contributed by atoms with Gasteiger partial charge in [0.1, 0.15) is 13.7 Å². The third kappa shape index (κ3) is 5.00. The van der Waals surface area contributed by atoms with Gasteiger partial charge in [0.2, 0.25) is 0 Å². The Labute approximate surface area is 130 Å². The molecule has 0 saturated heterocycles. The van der Waals surface area contributed by atoms with E-state index in [-0.39, 0.29) is 6.04 Å². The highest BCUT2D eigenvalue weighted by Crippen LogP contribution is 2.28. The lowest BCUT2D eigenvalue weighted by Crippen LogP contribution is -2.52. The molecule has 0 aromatic heterocycles. The van der Waals surface area contributed by atoms with Crippen molar-refractivity contribution in [3.63, 3.8) is 0 Å². The van der Waals surface area contributed by atoms with E-state index in [1.54, 1.807) is 0 Å². The van der Waals surface area contributed by atoms with Gasteiger partial charge in [-0.3, -0.25) is 0 Å². The summed E-state index contributed by atoms with van der Waals surface area (Å²) in [6, 6.07) is 10.4. The van der Waals surface area contributed by atoms with Crippen LogP contribution in [-0.4, -0.2) is 24.8 Å². The maximum Gasteiger partial charge on any atom is 0.140 e. The highest BCUT2D eigenvalue weighted by molar-refractivity contribution is 6.83. The molecule has 0 spiro atoms. The fourth-order valence-electron chi connectivity index (χ4n) is 2.71. The Hall–Kier alpha value is -1.08. The van der Waals surface area contributed by atoms with Crippen LogP contribution in [0, 0.1) is 11.5 Å². The Morgan fingerprint density at radius 1 is 1.24 bits per heavy atom. The number of hydrogen-bond acceptors (Lipinski definition) is 2. The third-order valence-corrected chi connectivity index (χ3v) is 4.80. The van der Waals surface area contributed by atoms with Crippen molar-refractivity contribution < 1.29 is 5.11 Å². The van der Waals surface area contributed by atoms with Gasteiger partial charge in [0, 0.05) is 12.6 Å². The number of nitrogens with one attached hydrogen (secondary N) is 1. The lowest BCUT2D eigenvalue weighted by Gasteiger charge is -2.37. The van der Waals surface area contributed by atoms with Gasteiger partial charge in [0.15, 0.2) is 0 Å². The third-order valence-electron chi connectivity index (χ3n) is 3.93. The second-order valence-corrected chi connectivity index (χ2v) is 11.8. The molecule has 1 fully saturated rings. The zero-order valence-electron chi connectivity index (χ0n) is 13.4. The van der Waals surface area contributed by atoms with Crippen LogP contribution < -0.4 is 5.32 Å². The Balaban J connectivity index is 2.06. The van der Waals surface area contributed by atoms with Crippen molar-refractivity contribution >= 4 is 8.07 Å². The van der Waals surface area contributed by atoms with E-state index < -0.39 is 13.7 Å². The Bertz CT molecular complexity index is 512. The lowest BCUT2D eigenvalue weighted by molar-refractivity contribution is 0.0254. The van der Waals surface area contributed by atoms with Gasteiger partial charge in [-0.2, -0.15) is 0 Å². The van der Waals surface area contributed by atoms with Crippen molar-refractivity contribution in [2.75, 3.05) is 0 Å². The smallest absolute Gasteiger partial charge is 0.140 e. The van der Waals surface area contributed by atoms with Crippen molar-refractivity contribution in [3.05, 3.63) is 35.9 Å². The molecule has 0 aliphatic heterocycles. The molecule has 2 N–H and O–H groups in total. The summed E-state index contributed by atoms with van der Waals surface area (Å²) in [6.07, 6.45) is 4.03. The standard InChI is InChI=1S/C18H27NOSi/c1-21(2,3)14-13-18(20)12-8-7-11-17(18)19-15-16-9-5-4-6-10-16/h4-6,9-10,17,19-20H,7-8,11-12,15H2,1-3H3/t17-,18+/m0/s1. The second kappa shape index (κ2) is 6.78. The summed E-state index contributed by atoms with van der Waals surface area (Å²) in [5, 5.41) is 14.5. The Kier molecular flexibility index (Phi) is 5.26. The fraction of sp³-hybridized carbons (Fsp3) is 0.556. The van der Waals surface area contributed by atoms with E-state index in [0.29, 0.717) is 0 Å². The first kappa shape index (κ1) is 16.3. The minimum Gasteiger partial charge on any atom is -0.376 e. The SMILES string of the molecule is C[Si](C)(C)C#C[C@]1(O)CCCC[C@@H]1NCc1ccccc1. The molecular weight excluding hydrogens is 274 g/mol. The molecule has 0 bridgehead atoms. The molecule has 2 nitrogen and oxygen atoms in total. The van der Waals surface area contributed by atoms with Crippen LogP contribution in [-0.2, 0) is 6.54 Å². The number of benzene rings is 1. The molecule has 1 aliphatic carbocycles. The summed E-state index contributed by atoms with van der Waals surface area (Å²) in [5.74, 6) is 3.23. The van der Waals surface area contributed by atoms with Gasteiger partial charge in [0.25, 0.3) is 0 Å². The molecule has 0 heterocycles. The molecule has 1 saturated carbocycles. The summed E-state index contributed by atoms with van der Waals surface area (Å²) < 4.78 is 0. The van der Waals surface area contributed by atoms with E-state index in [9.17, 15) is 5.11 Å². The molecule has 2 rings (SSSR count). The summed E-state index contributed by atoms with van der Waals surface area (Å²) in [7, 11) is -1.45. The van der Waals surface area contributed by atoms with Gasteiger partial charge in [-0.1, -0.05) is 62.3 Å². The summed E-state index contributed by atoms with van der Waals surface area (Å²) in [6.45, 7) is 7.46. The highest BCUT2D eigenvalue weighted by Gasteiger charge is 2.37. The van der Waals surface area contributed by atoms with Gasteiger partial charge in [0.05, 0.1) is 0 Å². The molecule has 1 aliphatic rings. The van der Waals surface area contributed by atoms with Crippen LogP contribution in [0.1, 0.15) is 31.2 Å². The van der Waals surface area contributed by atoms with Crippen molar-refractivity contribution in [3.8, 4) is 11.5 Å². The average Bonchev–Trinajstić information content (AvgIpc) is 2.45. The van der Waals surface area contributed by atoms with Crippen molar-refractivity contribution in [1.29, 1.82) is 0 Å². The van der Waals surface area contributed by atoms with Gasteiger partial charge in [-0.05, 0) is 24.8 Å². The zero-order valence-corrected chi connectivity index (χ0v) is 14.4. The summed E-state index contributed by atoms with van der Waals surface area (Å²) in [5.41, 5.74) is 3.76. The summed E-state index contributed by atoms with van der Waals surface area (Å²) >= 11 is 0. The minimum absolute atomic E-state index is 0.0790. The van der Waals surface area contributed by atoms with Gasteiger partial charge >= 0.3 is 0 Å². The number of rotatable bonds is 3. The van der Waals surface area contributed by atoms with E-state index in [0.717, 1.165) is 25.8 Å². The number of hydrogen-bond donors (Lipinski definition) is 2. The Morgan fingerprint density at radius 3 is 2.62 bits per heavy atom. The van der Waals surface area contributed by atoms with E-state index in [1.165, 1.54) is 12.0 Å². The van der Waals surface area contributed by atoms with Gasteiger partial charge < -0.3 is 10.4 Å². The minimum atomic E-state index is -1.45. The molecular formula is C18H27NOSi. The van der Waals surface area contributed by atoms with Crippen molar-refractivity contribution in [1.82, 2.24) is 5.32 Å². The molecule has 1 aromatic rings. The van der Waals surface area contributed by atoms with Crippen LogP contribution >= 0.6 is 0 Å². The first-order valence-electron chi connectivity index (χ1n) is 7.93. The van der Waals surface area contributed by atoms with Crippen LogP contribution in [0.4, 0.5) is 0 Å². The first-order valence-corrected chi connectivity index (χ1v) is 11.4. The summed E-state index contributed by atoms with van der Waals surface area (Å²) in [4.78, 5) is 0. The molecule has 3 heteroatoms. The van der Waals surface area contributed by atoms with E-state index >= 15 is 0 Å².